The fraction of sp³-hybridized carbons (Fsp3) is 0.875. The molecule has 0 aromatic rings. The average Bonchev–Trinajstić information content (AvgIpc) is 1.95. The molecule has 0 atom stereocenters. The van der Waals surface area contributed by atoms with Gasteiger partial charge in [0.1, 0.15) is 0 Å². The summed E-state index contributed by atoms with van der Waals surface area (Å²) >= 11 is 0. The smallest absolute Gasteiger partial charge is 0.00746 e. The van der Waals surface area contributed by atoms with Gasteiger partial charge in [0.25, 0.3) is 0 Å². The van der Waals surface area contributed by atoms with Crippen molar-refractivity contribution in [1.82, 2.24) is 4.90 Å². The second-order valence-corrected chi connectivity index (χ2v) is 3.14. The summed E-state index contributed by atoms with van der Waals surface area (Å²) in [4.78, 5) is 2.15. The molecule has 0 unspecified atom stereocenters. The predicted octanol–water partition coefficient (Wildman–Crippen LogP) is 0.839. The van der Waals surface area contributed by atoms with E-state index in [1.807, 2.05) is 0 Å². The van der Waals surface area contributed by atoms with Crippen molar-refractivity contribution >= 4 is 0 Å². The van der Waals surface area contributed by atoms with Gasteiger partial charge in [-0.3, -0.25) is 7.05 Å². The number of nitrogens with zero attached hydrogens (tertiary/aromatic N) is 1. The molecular weight excluding hydrogens is 124 g/mol. The third-order valence-electron chi connectivity index (χ3n) is 2.28. The van der Waals surface area contributed by atoms with Crippen LogP contribution in [-0.2, 0) is 0 Å². The molecule has 0 bridgehead atoms. The van der Waals surface area contributed by atoms with E-state index in [4.69, 9.17) is 5.73 Å². The molecule has 60 valence electrons. The van der Waals surface area contributed by atoms with Gasteiger partial charge in [0.2, 0.25) is 0 Å². The fourth-order valence-corrected chi connectivity index (χ4v) is 1.51. The van der Waals surface area contributed by atoms with E-state index in [1.165, 1.54) is 19.3 Å². The number of nitrogens with two attached hydrogens (primary N) is 1. The highest BCUT2D eigenvalue weighted by Crippen LogP contribution is 2.18. The monoisotopic (exact) mass is 141 g/mol. The zero-order chi connectivity index (χ0) is 7.40. The first-order valence-corrected chi connectivity index (χ1v) is 4.08. The Balaban J connectivity index is 2.13. The SMILES string of the molecule is [CH2-]N1CCC(CCN)CC1. The van der Waals surface area contributed by atoms with Crippen LogP contribution in [0.5, 0.6) is 0 Å². The van der Waals surface area contributed by atoms with Gasteiger partial charge < -0.3 is 10.6 Å². The van der Waals surface area contributed by atoms with Crippen molar-refractivity contribution < 1.29 is 0 Å². The van der Waals surface area contributed by atoms with Crippen LogP contribution in [0.2, 0.25) is 0 Å². The molecule has 2 heteroatoms. The minimum absolute atomic E-state index is 0.849. The molecule has 1 aliphatic rings. The number of likely N-dealkylation sites (tertiary alicyclic amines) is 1. The first-order valence-electron chi connectivity index (χ1n) is 4.08. The third-order valence-corrected chi connectivity index (χ3v) is 2.28. The molecular formula is C8H17N2-. The fourth-order valence-electron chi connectivity index (χ4n) is 1.51. The van der Waals surface area contributed by atoms with E-state index in [2.05, 4.69) is 11.9 Å². The molecule has 2 N–H and O–H groups in total. The largest absolute Gasteiger partial charge is 0.459 e. The Morgan fingerprint density at radius 3 is 2.50 bits per heavy atom. The van der Waals surface area contributed by atoms with Crippen molar-refractivity contribution in [2.75, 3.05) is 19.6 Å². The molecule has 1 fully saturated rings. The molecule has 0 aromatic carbocycles. The Kier molecular flexibility index (Phi) is 3.16. The second kappa shape index (κ2) is 3.94. The van der Waals surface area contributed by atoms with E-state index >= 15 is 0 Å². The molecule has 0 aliphatic carbocycles. The maximum atomic E-state index is 5.46. The van der Waals surface area contributed by atoms with Gasteiger partial charge in [0, 0.05) is 0 Å². The molecule has 0 saturated carbocycles. The van der Waals surface area contributed by atoms with Crippen LogP contribution in [0.4, 0.5) is 0 Å². The first kappa shape index (κ1) is 8.02. The number of piperidine rings is 1. The lowest BCUT2D eigenvalue weighted by Crippen LogP contribution is -2.29. The molecule has 0 amide bonds. The molecule has 1 heterocycles. The summed E-state index contributed by atoms with van der Waals surface area (Å²) in [6.07, 6.45) is 3.79. The molecule has 2 nitrogen and oxygen atoms in total. The van der Waals surface area contributed by atoms with E-state index in [0.29, 0.717) is 0 Å². The predicted molar refractivity (Wildman–Crippen MR) is 43.3 cm³/mol. The quantitative estimate of drug-likeness (QED) is 0.577. The summed E-state index contributed by atoms with van der Waals surface area (Å²) < 4.78 is 0. The van der Waals surface area contributed by atoms with Gasteiger partial charge in [0.15, 0.2) is 0 Å². The van der Waals surface area contributed by atoms with Crippen LogP contribution in [-0.4, -0.2) is 24.5 Å². The van der Waals surface area contributed by atoms with Crippen molar-refractivity contribution in [1.29, 1.82) is 0 Å². The van der Waals surface area contributed by atoms with Crippen molar-refractivity contribution in [3.8, 4) is 0 Å². The van der Waals surface area contributed by atoms with Crippen LogP contribution in [0.25, 0.3) is 0 Å². The standard InChI is InChI=1S/C8H17N2/c1-10-6-3-8(2-5-9)4-7-10/h8H,1-7,9H2/q-1. The van der Waals surface area contributed by atoms with Crippen LogP contribution in [0.3, 0.4) is 0 Å². The van der Waals surface area contributed by atoms with Crippen LogP contribution >= 0.6 is 0 Å². The van der Waals surface area contributed by atoms with E-state index in [9.17, 15) is 0 Å². The molecule has 0 radical (unpaired) electrons. The summed E-state index contributed by atoms with van der Waals surface area (Å²) in [5.41, 5.74) is 5.46. The van der Waals surface area contributed by atoms with Gasteiger partial charge in [-0.25, -0.2) is 0 Å². The number of hydrogen-bond acceptors (Lipinski definition) is 2. The highest BCUT2D eigenvalue weighted by molar-refractivity contribution is 4.71. The van der Waals surface area contributed by atoms with Gasteiger partial charge in [0.05, 0.1) is 0 Å². The van der Waals surface area contributed by atoms with Crippen molar-refractivity contribution in [3.63, 3.8) is 0 Å². The highest BCUT2D eigenvalue weighted by atomic mass is 15.1. The van der Waals surface area contributed by atoms with Crippen molar-refractivity contribution in [2.45, 2.75) is 19.3 Å². The first-order chi connectivity index (χ1) is 4.83. The van der Waals surface area contributed by atoms with Gasteiger partial charge >= 0.3 is 0 Å². The Bertz CT molecular complexity index is 85.3. The third kappa shape index (κ3) is 2.27. The van der Waals surface area contributed by atoms with Crippen LogP contribution in [0.15, 0.2) is 0 Å². The maximum absolute atomic E-state index is 5.46. The summed E-state index contributed by atoms with van der Waals surface area (Å²) in [7, 11) is 3.89. The summed E-state index contributed by atoms with van der Waals surface area (Å²) in [5, 5.41) is 0. The average molecular weight is 141 g/mol. The highest BCUT2D eigenvalue weighted by Gasteiger charge is 2.12. The summed E-state index contributed by atoms with van der Waals surface area (Å²) in [6, 6.07) is 0. The van der Waals surface area contributed by atoms with E-state index in [0.717, 1.165) is 25.6 Å². The lowest BCUT2D eigenvalue weighted by Gasteiger charge is -2.34. The molecule has 0 spiro atoms. The summed E-state index contributed by atoms with van der Waals surface area (Å²) in [5.74, 6) is 0.878. The minimum Gasteiger partial charge on any atom is -0.459 e. The normalized spacial score (nSPS) is 23.4. The Morgan fingerprint density at radius 2 is 2.00 bits per heavy atom. The van der Waals surface area contributed by atoms with E-state index < -0.39 is 0 Å². The molecule has 0 aromatic heterocycles. The van der Waals surface area contributed by atoms with Crippen molar-refractivity contribution in [2.24, 2.45) is 11.7 Å². The van der Waals surface area contributed by atoms with E-state index in [-0.39, 0.29) is 0 Å². The van der Waals surface area contributed by atoms with Gasteiger partial charge in [-0.05, 0) is 44.8 Å². The summed E-state index contributed by atoms with van der Waals surface area (Å²) in [6.45, 7) is 3.16. The minimum atomic E-state index is 0.849. The Hall–Kier alpha value is -0.0800. The van der Waals surface area contributed by atoms with Crippen LogP contribution in [0.1, 0.15) is 19.3 Å². The molecule has 1 rings (SSSR count). The number of hydrogen-bond donors (Lipinski definition) is 1. The zero-order valence-corrected chi connectivity index (χ0v) is 6.55. The van der Waals surface area contributed by atoms with Gasteiger partial charge in [-0.1, -0.05) is 0 Å². The lowest BCUT2D eigenvalue weighted by atomic mass is 9.94. The Labute approximate surface area is 63.4 Å². The molecule has 1 saturated heterocycles. The lowest BCUT2D eigenvalue weighted by molar-refractivity contribution is 0.233. The van der Waals surface area contributed by atoms with Gasteiger partial charge in [-0.15, -0.1) is 0 Å². The molecule has 10 heavy (non-hydrogen) atoms. The zero-order valence-electron chi connectivity index (χ0n) is 6.55. The van der Waals surface area contributed by atoms with Crippen molar-refractivity contribution in [3.05, 3.63) is 7.05 Å². The van der Waals surface area contributed by atoms with E-state index in [1.54, 1.807) is 0 Å². The van der Waals surface area contributed by atoms with Crippen LogP contribution < -0.4 is 5.73 Å². The maximum Gasteiger partial charge on any atom is -0.00746 e. The second-order valence-electron chi connectivity index (χ2n) is 3.14. The Morgan fingerprint density at radius 1 is 1.40 bits per heavy atom. The van der Waals surface area contributed by atoms with Crippen LogP contribution in [0, 0.1) is 13.0 Å². The van der Waals surface area contributed by atoms with Gasteiger partial charge in [-0.2, -0.15) is 0 Å². The molecule has 1 aliphatic heterocycles. The number of rotatable bonds is 2. The topological polar surface area (TPSA) is 29.3 Å².